The molecule has 0 saturated heterocycles. The van der Waals surface area contributed by atoms with Crippen LogP contribution in [0, 0.1) is 11.3 Å². The number of rotatable bonds is 5. The van der Waals surface area contributed by atoms with Crippen LogP contribution in [0.3, 0.4) is 0 Å². The summed E-state index contributed by atoms with van der Waals surface area (Å²) in [6.07, 6.45) is 1.68. The number of nitrogens with zero attached hydrogens (tertiary/aromatic N) is 5. The number of halogens is 1. The van der Waals surface area contributed by atoms with Crippen LogP contribution in [0.2, 0.25) is 0 Å². The highest BCUT2D eigenvalue weighted by atomic mass is 19.1. The summed E-state index contributed by atoms with van der Waals surface area (Å²) in [5.74, 6) is -0.0277. The van der Waals surface area contributed by atoms with E-state index in [1.807, 2.05) is 26.8 Å². The van der Waals surface area contributed by atoms with Crippen molar-refractivity contribution in [2.45, 2.75) is 51.7 Å². The maximum atomic E-state index is 14.5. The topological polar surface area (TPSA) is 129 Å². The molecule has 152 valence electrons. The summed E-state index contributed by atoms with van der Waals surface area (Å²) in [5.41, 5.74) is 2.78. The summed E-state index contributed by atoms with van der Waals surface area (Å²) < 4.78 is 14.5. The zero-order valence-corrected chi connectivity index (χ0v) is 16.4. The van der Waals surface area contributed by atoms with E-state index in [-0.39, 0.29) is 23.3 Å². The first-order valence-corrected chi connectivity index (χ1v) is 9.15. The number of aromatic nitrogens is 4. The van der Waals surface area contributed by atoms with Crippen molar-refractivity contribution >= 4 is 23.3 Å². The Morgan fingerprint density at radius 1 is 1.28 bits per heavy atom. The highest BCUT2D eigenvalue weighted by molar-refractivity contribution is 5.65. The van der Waals surface area contributed by atoms with E-state index < -0.39 is 17.5 Å². The molecule has 29 heavy (non-hydrogen) atoms. The Morgan fingerprint density at radius 2 is 2.03 bits per heavy atom. The van der Waals surface area contributed by atoms with Crippen molar-refractivity contribution in [3.8, 4) is 6.07 Å². The molecule has 0 saturated carbocycles. The van der Waals surface area contributed by atoms with Crippen LogP contribution < -0.4 is 10.8 Å². The summed E-state index contributed by atoms with van der Waals surface area (Å²) in [7, 11) is 0. The molecule has 0 bridgehead atoms. The second-order valence-electron chi connectivity index (χ2n) is 7.52. The normalized spacial score (nSPS) is 17.0. The third kappa shape index (κ3) is 5.43. The van der Waals surface area contributed by atoms with Gasteiger partial charge in [-0.1, -0.05) is 0 Å². The molecule has 0 amide bonds. The van der Waals surface area contributed by atoms with E-state index >= 15 is 0 Å². The fraction of sp³-hybridized carbons (Fsp3) is 0.421. The maximum Gasteiger partial charge on any atom is 0.252 e. The van der Waals surface area contributed by atoms with E-state index in [1.54, 1.807) is 6.07 Å². The van der Waals surface area contributed by atoms with Crippen molar-refractivity contribution < 1.29 is 14.3 Å². The number of hydrogen-bond acceptors (Lipinski definition) is 9. The lowest BCUT2D eigenvalue weighted by molar-refractivity contribution is 0.0358. The monoisotopic (exact) mass is 399 g/mol. The van der Waals surface area contributed by atoms with E-state index in [9.17, 15) is 9.50 Å². The van der Waals surface area contributed by atoms with Gasteiger partial charge in [-0.2, -0.15) is 20.2 Å². The average Bonchev–Trinajstić information content (AvgIpc) is 2.68. The number of aliphatic hydroxyl groups excluding tert-OH is 1. The number of nitrogens with one attached hydrogen (secondary N) is 2. The minimum absolute atomic E-state index is 0.0734. The van der Waals surface area contributed by atoms with Gasteiger partial charge in [0.05, 0.1) is 17.2 Å². The Morgan fingerprint density at radius 3 is 2.76 bits per heavy atom. The van der Waals surface area contributed by atoms with Crippen molar-refractivity contribution in [1.82, 2.24) is 19.9 Å². The van der Waals surface area contributed by atoms with E-state index in [2.05, 4.69) is 30.7 Å². The van der Waals surface area contributed by atoms with Crippen LogP contribution in [0.15, 0.2) is 24.2 Å². The predicted octanol–water partition coefficient (Wildman–Crippen LogP) is 3.25. The van der Waals surface area contributed by atoms with Crippen molar-refractivity contribution in [3.05, 3.63) is 35.5 Å². The maximum absolute atomic E-state index is 14.5. The highest BCUT2D eigenvalue weighted by Gasteiger charge is 2.25. The molecule has 9 nitrogen and oxygen atoms in total. The zero-order chi connectivity index (χ0) is 21.0. The number of nitriles is 1. The molecule has 10 heteroatoms. The van der Waals surface area contributed by atoms with Gasteiger partial charge in [-0.3, -0.25) is 4.84 Å². The quantitative estimate of drug-likeness (QED) is 0.649. The highest BCUT2D eigenvalue weighted by Crippen LogP contribution is 2.32. The lowest BCUT2D eigenvalue weighted by Crippen LogP contribution is -2.24. The molecule has 0 aliphatic heterocycles. The standard InChI is InChI=1S/C19H22FN7O2/c1-19(2,3)29-27-18-25-16(12-5-4-6-13(28)15(12)20)24-17(26-18)23-14-9-11(10-21)7-8-22-14/h7-9,13,28H,4-6H2,1-3H3,(H2,22,23,24,25,26,27). The zero-order valence-electron chi connectivity index (χ0n) is 16.4. The van der Waals surface area contributed by atoms with Gasteiger partial charge in [0.15, 0.2) is 5.82 Å². The van der Waals surface area contributed by atoms with E-state index in [0.717, 1.165) is 0 Å². The molecule has 2 aromatic rings. The van der Waals surface area contributed by atoms with Crippen LogP contribution in [0.1, 0.15) is 51.4 Å². The van der Waals surface area contributed by atoms with Gasteiger partial charge in [-0.05, 0) is 52.2 Å². The average molecular weight is 399 g/mol. The molecular formula is C19H22FN7O2. The molecule has 1 aliphatic rings. The summed E-state index contributed by atoms with van der Waals surface area (Å²) >= 11 is 0. The minimum Gasteiger partial charge on any atom is -0.386 e. The number of hydrogen-bond donors (Lipinski definition) is 3. The summed E-state index contributed by atoms with van der Waals surface area (Å²) in [4.78, 5) is 22.4. The van der Waals surface area contributed by atoms with E-state index in [0.29, 0.717) is 30.6 Å². The second-order valence-corrected chi connectivity index (χ2v) is 7.52. The van der Waals surface area contributed by atoms with Gasteiger partial charge in [0.25, 0.3) is 5.95 Å². The Hall–Kier alpha value is -3.16. The molecule has 0 aromatic carbocycles. The minimum atomic E-state index is -1.16. The first-order chi connectivity index (χ1) is 13.7. The SMILES string of the molecule is CC(C)(C)ONc1nc(Nc2cc(C#N)ccn2)nc(C2=C(F)C(O)CCC2)n1. The van der Waals surface area contributed by atoms with Gasteiger partial charge >= 0.3 is 0 Å². The van der Waals surface area contributed by atoms with Crippen molar-refractivity contribution in [2.75, 3.05) is 10.8 Å². The lowest BCUT2D eigenvalue weighted by Gasteiger charge is -2.21. The second kappa shape index (κ2) is 8.46. The van der Waals surface area contributed by atoms with Crippen LogP contribution in [0.25, 0.3) is 5.57 Å². The molecule has 3 rings (SSSR count). The number of anilines is 3. The van der Waals surface area contributed by atoms with Gasteiger partial charge < -0.3 is 10.4 Å². The molecule has 1 aliphatic carbocycles. The third-order valence-corrected chi connectivity index (χ3v) is 3.97. The Balaban J connectivity index is 1.98. The molecule has 3 N–H and O–H groups in total. The van der Waals surface area contributed by atoms with Crippen molar-refractivity contribution in [3.63, 3.8) is 0 Å². The van der Waals surface area contributed by atoms with Gasteiger partial charge in [-0.25, -0.2) is 14.9 Å². The first kappa shape index (κ1) is 20.6. The van der Waals surface area contributed by atoms with Gasteiger partial charge in [-0.15, -0.1) is 0 Å². The van der Waals surface area contributed by atoms with Crippen LogP contribution in [-0.4, -0.2) is 36.7 Å². The summed E-state index contributed by atoms with van der Waals surface area (Å²) in [6, 6.07) is 5.13. The molecule has 2 aromatic heterocycles. The van der Waals surface area contributed by atoms with Crippen LogP contribution in [0.5, 0.6) is 0 Å². The number of aliphatic hydroxyl groups is 1. The lowest BCUT2D eigenvalue weighted by atomic mass is 9.96. The van der Waals surface area contributed by atoms with Crippen molar-refractivity contribution in [1.29, 1.82) is 5.26 Å². The van der Waals surface area contributed by atoms with Crippen LogP contribution in [0.4, 0.5) is 22.1 Å². The molecule has 1 unspecified atom stereocenters. The first-order valence-electron chi connectivity index (χ1n) is 9.15. The number of pyridine rings is 1. The predicted molar refractivity (Wildman–Crippen MR) is 104 cm³/mol. The molecule has 0 fully saturated rings. The Kier molecular flexibility index (Phi) is 6.00. The van der Waals surface area contributed by atoms with Gasteiger partial charge in [0, 0.05) is 11.8 Å². The third-order valence-electron chi connectivity index (χ3n) is 3.97. The molecule has 2 heterocycles. The molecule has 0 spiro atoms. The molecule has 0 radical (unpaired) electrons. The van der Waals surface area contributed by atoms with Gasteiger partial charge in [0.1, 0.15) is 17.7 Å². The largest absolute Gasteiger partial charge is 0.386 e. The van der Waals surface area contributed by atoms with Crippen LogP contribution in [-0.2, 0) is 4.84 Å². The van der Waals surface area contributed by atoms with E-state index in [4.69, 9.17) is 10.1 Å². The van der Waals surface area contributed by atoms with Crippen LogP contribution >= 0.6 is 0 Å². The van der Waals surface area contributed by atoms with E-state index in [1.165, 1.54) is 12.3 Å². The smallest absolute Gasteiger partial charge is 0.252 e. The summed E-state index contributed by atoms with van der Waals surface area (Å²) in [5, 5.41) is 21.8. The Bertz CT molecular complexity index is 966. The Labute approximate surface area is 167 Å². The molecule has 1 atom stereocenters. The van der Waals surface area contributed by atoms with Gasteiger partial charge in [0.2, 0.25) is 5.95 Å². The number of allylic oxidation sites excluding steroid dienone is 1. The fourth-order valence-electron chi connectivity index (χ4n) is 2.63. The fourth-order valence-corrected chi connectivity index (χ4v) is 2.63. The summed E-state index contributed by atoms with van der Waals surface area (Å²) in [6.45, 7) is 5.54. The molecular weight excluding hydrogens is 377 g/mol. The van der Waals surface area contributed by atoms with Crippen molar-refractivity contribution in [2.24, 2.45) is 0 Å².